The number of carbonyl (C=O) groups is 1. The molecule has 104 valence electrons. The summed E-state index contributed by atoms with van der Waals surface area (Å²) in [4.78, 5) is 13.5. The van der Waals surface area contributed by atoms with E-state index in [1.165, 1.54) is 5.56 Å². The van der Waals surface area contributed by atoms with Crippen LogP contribution in [0.1, 0.15) is 12.0 Å². The van der Waals surface area contributed by atoms with Crippen molar-refractivity contribution in [3.63, 3.8) is 0 Å². The van der Waals surface area contributed by atoms with Crippen LogP contribution in [0.4, 0.5) is 4.79 Å². The summed E-state index contributed by atoms with van der Waals surface area (Å²) in [5.41, 5.74) is 1.34. The summed E-state index contributed by atoms with van der Waals surface area (Å²) in [6.45, 7) is 2.45. The van der Waals surface area contributed by atoms with Crippen LogP contribution in [0.5, 0.6) is 0 Å². The minimum atomic E-state index is 0.0233. The highest BCUT2D eigenvalue weighted by molar-refractivity contribution is 9.10. The number of piperazine rings is 1. The Labute approximate surface area is 122 Å². The number of urea groups is 1. The molecule has 2 rings (SSSR count). The maximum atomic E-state index is 11.6. The summed E-state index contributed by atoms with van der Waals surface area (Å²) in [6, 6.07) is 8.83. The summed E-state index contributed by atoms with van der Waals surface area (Å²) in [6.07, 6.45) is 2.08. The van der Waals surface area contributed by atoms with E-state index in [4.69, 9.17) is 0 Å². The van der Waals surface area contributed by atoms with Crippen LogP contribution in [-0.4, -0.2) is 43.7 Å². The normalized spacial score (nSPS) is 19.3. The Kier molecular flexibility index (Phi) is 5.22. The van der Waals surface area contributed by atoms with Gasteiger partial charge >= 0.3 is 6.03 Å². The summed E-state index contributed by atoms with van der Waals surface area (Å²) in [5, 5.41) is 6.17. The number of amides is 2. The molecule has 2 amide bonds. The number of benzene rings is 1. The van der Waals surface area contributed by atoms with E-state index in [-0.39, 0.29) is 6.03 Å². The van der Waals surface area contributed by atoms with Gasteiger partial charge in [-0.15, -0.1) is 0 Å². The fraction of sp³-hybridized carbons (Fsp3) is 0.500. The molecule has 1 unspecified atom stereocenters. The second-order valence-electron chi connectivity index (χ2n) is 4.82. The van der Waals surface area contributed by atoms with Gasteiger partial charge in [-0.1, -0.05) is 28.1 Å². The van der Waals surface area contributed by atoms with Crippen LogP contribution in [0.25, 0.3) is 0 Å². The highest BCUT2D eigenvalue weighted by Gasteiger charge is 2.21. The maximum absolute atomic E-state index is 11.6. The van der Waals surface area contributed by atoms with Crippen molar-refractivity contribution in [2.24, 2.45) is 0 Å². The lowest BCUT2D eigenvalue weighted by atomic mass is 10.0. The Bertz CT molecular complexity index is 421. The van der Waals surface area contributed by atoms with E-state index in [1.807, 2.05) is 4.90 Å². The zero-order valence-electron chi connectivity index (χ0n) is 11.2. The number of aryl methyl sites for hydroxylation is 1. The largest absolute Gasteiger partial charge is 0.341 e. The van der Waals surface area contributed by atoms with Gasteiger partial charge in [0.15, 0.2) is 0 Å². The molecule has 1 atom stereocenters. The lowest BCUT2D eigenvalue weighted by Gasteiger charge is -2.33. The van der Waals surface area contributed by atoms with Crippen molar-refractivity contribution in [2.45, 2.75) is 18.9 Å². The van der Waals surface area contributed by atoms with Crippen molar-refractivity contribution in [1.29, 1.82) is 0 Å². The predicted octanol–water partition coefficient (Wildman–Crippen LogP) is 1.99. The van der Waals surface area contributed by atoms with Gasteiger partial charge in [0, 0.05) is 37.2 Å². The van der Waals surface area contributed by atoms with Gasteiger partial charge in [-0.05, 0) is 30.5 Å². The van der Waals surface area contributed by atoms with E-state index in [9.17, 15) is 4.79 Å². The molecule has 0 aliphatic carbocycles. The number of halogens is 1. The summed E-state index contributed by atoms with van der Waals surface area (Å²) in [7, 11) is 1.68. The average molecular weight is 326 g/mol. The van der Waals surface area contributed by atoms with Gasteiger partial charge in [0.2, 0.25) is 0 Å². The molecule has 0 bridgehead atoms. The van der Waals surface area contributed by atoms with Gasteiger partial charge in [-0.2, -0.15) is 0 Å². The topological polar surface area (TPSA) is 44.4 Å². The minimum Gasteiger partial charge on any atom is -0.341 e. The second kappa shape index (κ2) is 6.91. The van der Waals surface area contributed by atoms with Crippen molar-refractivity contribution in [2.75, 3.05) is 26.7 Å². The molecule has 0 radical (unpaired) electrons. The number of hydrogen-bond donors (Lipinski definition) is 2. The van der Waals surface area contributed by atoms with Gasteiger partial charge in [0.05, 0.1) is 0 Å². The van der Waals surface area contributed by atoms with Crippen molar-refractivity contribution in [3.05, 3.63) is 34.3 Å². The number of carbonyl (C=O) groups excluding carboxylic acids is 1. The lowest BCUT2D eigenvalue weighted by molar-refractivity contribution is 0.177. The minimum absolute atomic E-state index is 0.0233. The fourth-order valence-electron chi connectivity index (χ4n) is 2.35. The molecular formula is C14H20BrN3O. The molecule has 5 heteroatoms. The predicted molar refractivity (Wildman–Crippen MR) is 80.3 cm³/mol. The van der Waals surface area contributed by atoms with Crippen LogP contribution in [-0.2, 0) is 6.42 Å². The Morgan fingerprint density at radius 1 is 1.47 bits per heavy atom. The molecule has 1 saturated heterocycles. The van der Waals surface area contributed by atoms with Gasteiger partial charge < -0.3 is 15.5 Å². The molecule has 2 N–H and O–H groups in total. The van der Waals surface area contributed by atoms with E-state index in [2.05, 4.69) is 50.8 Å². The van der Waals surface area contributed by atoms with Gasteiger partial charge in [0.25, 0.3) is 0 Å². The third-order valence-corrected chi connectivity index (χ3v) is 3.98. The van der Waals surface area contributed by atoms with Gasteiger partial charge in [0.1, 0.15) is 0 Å². The molecule has 1 aromatic carbocycles. The SMILES string of the molecule is CNC(=O)N1CCNC(CCc2ccc(Br)cc2)C1. The number of nitrogens with zero attached hydrogens (tertiary/aromatic N) is 1. The van der Waals surface area contributed by atoms with Crippen LogP contribution in [0.2, 0.25) is 0 Å². The van der Waals surface area contributed by atoms with Crippen LogP contribution in [0.15, 0.2) is 28.7 Å². The van der Waals surface area contributed by atoms with Crippen molar-refractivity contribution in [1.82, 2.24) is 15.5 Å². The van der Waals surface area contributed by atoms with E-state index in [0.717, 1.165) is 36.9 Å². The average Bonchev–Trinajstić information content (AvgIpc) is 2.46. The first-order chi connectivity index (χ1) is 9.19. The molecular weight excluding hydrogens is 306 g/mol. The Hall–Kier alpha value is -1.07. The van der Waals surface area contributed by atoms with E-state index < -0.39 is 0 Å². The van der Waals surface area contributed by atoms with Crippen molar-refractivity contribution < 1.29 is 4.79 Å². The molecule has 0 spiro atoms. The first-order valence-corrected chi connectivity index (χ1v) is 7.43. The van der Waals surface area contributed by atoms with Crippen LogP contribution in [0.3, 0.4) is 0 Å². The zero-order valence-corrected chi connectivity index (χ0v) is 12.7. The second-order valence-corrected chi connectivity index (χ2v) is 5.73. The fourth-order valence-corrected chi connectivity index (χ4v) is 2.62. The van der Waals surface area contributed by atoms with Crippen molar-refractivity contribution >= 4 is 22.0 Å². The van der Waals surface area contributed by atoms with Crippen LogP contribution in [0, 0.1) is 0 Å². The monoisotopic (exact) mass is 325 g/mol. The number of rotatable bonds is 3. The Morgan fingerprint density at radius 2 is 2.21 bits per heavy atom. The number of nitrogens with one attached hydrogen (secondary N) is 2. The first-order valence-electron chi connectivity index (χ1n) is 6.63. The zero-order chi connectivity index (χ0) is 13.7. The maximum Gasteiger partial charge on any atom is 0.317 e. The third-order valence-electron chi connectivity index (χ3n) is 3.45. The van der Waals surface area contributed by atoms with E-state index in [1.54, 1.807) is 7.05 Å². The third kappa shape index (κ3) is 4.21. The van der Waals surface area contributed by atoms with E-state index in [0.29, 0.717) is 6.04 Å². The quantitative estimate of drug-likeness (QED) is 0.892. The van der Waals surface area contributed by atoms with Gasteiger partial charge in [-0.25, -0.2) is 4.79 Å². The van der Waals surface area contributed by atoms with Crippen molar-refractivity contribution in [3.8, 4) is 0 Å². The molecule has 1 aliphatic heterocycles. The van der Waals surface area contributed by atoms with E-state index >= 15 is 0 Å². The molecule has 0 saturated carbocycles. The summed E-state index contributed by atoms with van der Waals surface area (Å²) >= 11 is 3.44. The molecule has 4 nitrogen and oxygen atoms in total. The molecule has 0 aromatic heterocycles. The summed E-state index contributed by atoms with van der Waals surface area (Å²) in [5.74, 6) is 0. The standard InChI is InChI=1S/C14H20BrN3O/c1-16-14(19)18-9-8-17-13(10-18)7-4-11-2-5-12(15)6-3-11/h2-3,5-6,13,17H,4,7-10H2,1H3,(H,16,19). The Morgan fingerprint density at radius 3 is 2.89 bits per heavy atom. The van der Waals surface area contributed by atoms with Crippen LogP contribution >= 0.6 is 15.9 Å². The molecule has 19 heavy (non-hydrogen) atoms. The molecule has 1 heterocycles. The molecule has 1 aromatic rings. The molecule has 1 aliphatic rings. The van der Waals surface area contributed by atoms with Crippen LogP contribution < -0.4 is 10.6 Å². The smallest absolute Gasteiger partial charge is 0.317 e. The lowest BCUT2D eigenvalue weighted by Crippen LogP contribution is -2.54. The highest BCUT2D eigenvalue weighted by Crippen LogP contribution is 2.13. The summed E-state index contributed by atoms with van der Waals surface area (Å²) < 4.78 is 1.11. The van der Waals surface area contributed by atoms with Gasteiger partial charge in [-0.3, -0.25) is 0 Å². The Balaban J connectivity index is 1.82. The highest BCUT2D eigenvalue weighted by atomic mass is 79.9. The number of hydrogen-bond acceptors (Lipinski definition) is 2. The first kappa shape index (κ1) is 14.3. The molecule has 1 fully saturated rings.